The number of rotatable bonds is 5. The highest BCUT2D eigenvalue weighted by Gasteiger charge is 2.19. The third kappa shape index (κ3) is 2.98. The molecule has 4 heteroatoms. The summed E-state index contributed by atoms with van der Waals surface area (Å²) >= 11 is 0. The standard InChI is InChI=1S/C16H16O3S/c1-3-13-10-11-16(20(17,18)19-4-2)15(12-13)14-8-6-5-7-9-14/h3,5-12H,1,4H2,2H3. The Bertz CT molecular complexity index is 704. The monoisotopic (exact) mass is 288 g/mol. The molecule has 0 bridgehead atoms. The van der Waals surface area contributed by atoms with E-state index in [9.17, 15) is 8.42 Å². The first-order chi connectivity index (χ1) is 9.58. The van der Waals surface area contributed by atoms with Gasteiger partial charge in [0.15, 0.2) is 0 Å². The molecule has 2 rings (SSSR count). The molecule has 20 heavy (non-hydrogen) atoms. The van der Waals surface area contributed by atoms with Crippen molar-refractivity contribution in [2.75, 3.05) is 6.61 Å². The van der Waals surface area contributed by atoms with Gasteiger partial charge >= 0.3 is 0 Å². The lowest BCUT2D eigenvalue weighted by molar-refractivity contribution is 0.338. The lowest BCUT2D eigenvalue weighted by Gasteiger charge is -2.11. The highest BCUT2D eigenvalue weighted by atomic mass is 32.2. The van der Waals surface area contributed by atoms with Gasteiger partial charge < -0.3 is 0 Å². The van der Waals surface area contributed by atoms with Crippen LogP contribution in [0.2, 0.25) is 0 Å². The van der Waals surface area contributed by atoms with Crippen LogP contribution in [0.3, 0.4) is 0 Å². The van der Waals surface area contributed by atoms with E-state index in [-0.39, 0.29) is 11.5 Å². The third-order valence-electron chi connectivity index (χ3n) is 2.87. The van der Waals surface area contributed by atoms with Crippen molar-refractivity contribution in [3.05, 3.63) is 60.7 Å². The first kappa shape index (κ1) is 14.5. The van der Waals surface area contributed by atoms with Gasteiger partial charge in [0.25, 0.3) is 10.1 Å². The zero-order valence-electron chi connectivity index (χ0n) is 11.2. The molecule has 0 unspecified atom stereocenters. The molecule has 0 aromatic heterocycles. The number of hydrogen-bond acceptors (Lipinski definition) is 3. The highest BCUT2D eigenvalue weighted by molar-refractivity contribution is 7.87. The number of hydrogen-bond donors (Lipinski definition) is 0. The Hall–Kier alpha value is -1.91. The highest BCUT2D eigenvalue weighted by Crippen LogP contribution is 2.29. The Balaban J connectivity index is 2.67. The van der Waals surface area contributed by atoms with Crippen molar-refractivity contribution in [3.8, 4) is 11.1 Å². The van der Waals surface area contributed by atoms with Crippen LogP contribution >= 0.6 is 0 Å². The molecule has 0 aliphatic rings. The van der Waals surface area contributed by atoms with Gasteiger partial charge in [0, 0.05) is 5.56 Å². The largest absolute Gasteiger partial charge is 0.297 e. The van der Waals surface area contributed by atoms with Crippen LogP contribution in [-0.4, -0.2) is 15.0 Å². The van der Waals surface area contributed by atoms with E-state index in [4.69, 9.17) is 4.18 Å². The summed E-state index contributed by atoms with van der Waals surface area (Å²) in [4.78, 5) is 0.177. The first-order valence-corrected chi connectivity index (χ1v) is 7.70. The van der Waals surface area contributed by atoms with Gasteiger partial charge in [-0.3, -0.25) is 4.18 Å². The van der Waals surface area contributed by atoms with Crippen LogP contribution in [0.15, 0.2) is 60.0 Å². The summed E-state index contributed by atoms with van der Waals surface area (Å²) in [5.41, 5.74) is 2.31. The van der Waals surface area contributed by atoms with Crippen LogP contribution < -0.4 is 0 Å². The van der Waals surface area contributed by atoms with E-state index in [1.807, 2.05) is 30.3 Å². The average molecular weight is 288 g/mol. The van der Waals surface area contributed by atoms with Gasteiger partial charge in [-0.25, -0.2) is 0 Å². The molecule has 2 aromatic carbocycles. The molecule has 0 saturated carbocycles. The molecule has 0 spiro atoms. The molecule has 3 nitrogen and oxygen atoms in total. The Kier molecular flexibility index (Phi) is 4.37. The summed E-state index contributed by atoms with van der Waals surface area (Å²) in [6.07, 6.45) is 1.68. The Morgan fingerprint density at radius 3 is 2.45 bits per heavy atom. The van der Waals surface area contributed by atoms with Gasteiger partial charge in [0.1, 0.15) is 4.90 Å². The smallest absolute Gasteiger partial charge is 0.267 e. The summed E-state index contributed by atoms with van der Waals surface area (Å²) in [5, 5.41) is 0. The second-order valence-electron chi connectivity index (χ2n) is 4.19. The van der Waals surface area contributed by atoms with Crippen molar-refractivity contribution in [1.82, 2.24) is 0 Å². The van der Waals surface area contributed by atoms with Gasteiger partial charge in [-0.2, -0.15) is 8.42 Å². The Morgan fingerprint density at radius 2 is 1.85 bits per heavy atom. The molecule has 0 aliphatic heterocycles. The van der Waals surface area contributed by atoms with Crippen LogP contribution in [0, 0.1) is 0 Å². The van der Waals surface area contributed by atoms with Crippen molar-refractivity contribution >= 4 is 16.2 Å². The van der Waals surface area contributed by atoms with Gasteiger partial charge in [-0.1, -0.05) is 49.1 Å². The van der Waals surface area contributed by atoms with Crippen molar-refractivity contribution < 1.29 is 12.6 Å². The maximum atomic E-state index is 12.2. The quantitative estimate of drug-likeness (QED) is 0.787. The maximum absolute atomic E-state index is 12.2. The van der Waals surface area contributed by atoms with E-state index >= 15 is 0 Å². The average Bonchev–Trinajstić information content (AvgIpc) is 2.47. The van der Waals surface area contributed by atoms with E-state index in [0.29, 0.717) is 5.56 Å². The minimum atomic E-state index is -3.75. The SMILES string of the molecule is C=Cc1ccc(S(=O)(=O)OCC)c(-c2ccccc2)c1. The van der Waals surface area contributed by atoms with Crippen molar-refractivity contribution in [2.24, 2.45) is 0 Å². The molecule has 0 aliphatic carbocycles. The fraction of sp³-hybridized carbons (Fsp3) is 0.125. The molecule has 104 valence electrons. The molecule has 0 heterocycles. The van der Waals surface area contributed by atoms with Gasteiger partial charge in [0.05, 0.1) is 6.61 Å². The predicted octanol–water partition coefficient (Wildman–Crippen LogP) is 3.72. The topological polar surface area (TPSA) is 43.4 Å². The van der Waals surface area contributed by atoms with Gasteiger partial charge in [-0.05, 0) is 30.2 Å². The zero-order chi connectivity index (χ0) is 14.6. The van der Waals surface area contributed by atoms with Crippen LogP contribution in [-0.2, 0) is 14.3 Å². The summed E-state index contributed by atoms with van der Waals surface area (Å²) < 4.78 is 29.3. The van der Waals surface area contributed by atoms with Crippen molar-refractivity contribution in [2.45, 2.75) is 11.8 Å². The second-order valence-corrected chi connectivity index (χ2v) is 5.77. The van der Waals surface area contributed by atoms with E-state index in [1.165, 1.54) is 0 Å². The third-order valence-corrected chi connectivity index (χ3v) is 4.31. The lowest BCUT2D eigenvalue weighted by Crippen LogP contribution is -2.07. The molecule has 0 atom stereocenters. The van der Waals surface area contributed by atoms with E-state index in [2.05, 4.69) is 6.58 Å². The minimum Gasteiger partial charge on any atom is -0.267 e. The molecule has 0 N–H and O–H groups in total. The van der Waals surface area contributed by atoms with E-state index in [0.717, 1.165) is 11.1 Å². The lowest BCUT2D eigenvalue weighted by atomic mass is 10.0. The maximum Gasteiger partial charge on any atom is 0.297 e. The Morgan fingerprint density at radius 1 is 1.15 bits per heavy atom. The fourth-order valence-corrected chi connectivity index (χ4v) is 3.07. The van der Waals surface area contributed by atoms with Crippen molar-refractivity contribution in [1.29, 1.82) is 0 Å². The first-order valence-electron chi connectivity index (χ1n) is 6.30. The predicted molar refractivity (Wildman–Crippen MR) is 80.8 cm³/mol. The number of benzene rings is 2. The van der Waals surface area contributed by atoms with Crippen LogP contribution in [0.1, 0.15) is 12.5 Å². The molecular weight excluding hydrogens is 272 g/mol. The summed E-state index contributed by atoms with van der Waals surface area (Å²) in [6, 6.07) is 14.4. The summed E-state index contributed by atoms with van der Waals surface area (Å²) in [6.45, 7) is 5.47. The minimum absolute atomic E-state index is 0.111. The van der Waals surface area contributed by atoms with Gasteiger partial charge in [-0.15, -0.1) is 0 Å². The van der Waals surface area contributed by atoms with Gasteiger partial charge in [0.2, 0.25) is 0 Å². The van der Waals surface area contributed by atoms with Crippen LogP contribution in [0.5, 0.6) is 0 Å². The normalized spacial score (nSPS) is 11.2. The van der Waals surface area contributed by atoms with Crippen molar-refractivity contribution in [3.63, 3.8) is 0 Å². The Labute approximate surface area is 119 Å². The van der Waals surface area contributed by atoms with E-state index in [1.54, 1.807) is 31.2 Å². The molecule has 0 radical (unpaired) electrons. The molecule has 0 amide bonds. The summed E-state index contributed by atoms with van der Waals surface area (Å²) in [5.74, 6) is 0. The fourth-order valence-electron chi connectivity index (χ4n) is 1.95. The van der Waals surface area contributed by atoms with E-state index < -0.39 is 10.1 Å². The second kappa shape index (κ2) is 6.03. The molecule has 0 saturated heterocycles. The summed E-state index contributed by atoms with van der Waals surface area (Å²) in [7, 11) is -3.75. The zero-order valence-corrected chi connectivity index (χ0v) is 12.1. The molecular formula is C16H16O3S. The van der Waals surface area contributed by atoms with Crippen LogP contribution in [0.4, 0.5) is 0 Å². The molecule has 2 aromatic rings. The van der Waals surface area contributed by atoms with Crippen LogP contribution in [0.25, 0.3) is 17.2 Å². The molecule has 0 fully saturated rings.